The zero-order chi connectivity index (χ0) is 19.1. The van der Waals surface area contributed by atoms with E-state index in [4.69, 9.17) is 10.2 Å². The molecule has 0 N–H and O–H groups in total. The van der Waals surface area contributed by atoms with Gasteiger partial charge in [0, 0.05) is 60.3 Å². The van der Waals surface area contributed by atoms with Gasteiger partial charge in [-0.15, -0.1) is 10.2 Å². The van der Waals surface area contributed by atoms with Gasteiger partial charge in [-0.05, 0) is 49.1 Å². The largest absolute Gasteiger partial charge is 0.350 e. The van der Waals surface area contributed by atoms with E-state index in [9.17, 15) is 0 Å². The van der Waals surface area contributed by atoms with Gasteiger partial charge in [-0.3, -0.25) is 9.97 Å². The Morgan fingerprint density at radius 3 is 2.64 bits per heavy atom. The number of aromatic nitrogens is 4. The van der Waals surface area contributed by atoms with Crippen LogP contribution in [0.2, 0.25) is 0 Å². The molecule has 3 aromatic rings. The molecule has 0 spiro atoms. The van der Waals surface area contributed by atoms with Gasteiger partial charge in [-0.25, -0.2) is 0 Å². The summed E-state index contributed by atoms with van der Waals surface area (Å²) in [5.74, 6) is 1.51. The van der Waals surface area contributed by atoms with Gasteiger partial charge in [-0.2, -0.15) is 5.26 Å². The molecule has 0 unspecified atom stereocenters. The highest BCUT2D eigenvalue weighted by Gasteiger charge is 2.25. The first-order valence-electron chi connectivity index (χ1n) is 9.65. The van der Waals surface area contributed by atoms with Crippen LogP contribution in [-0.2, 0) is 13.0 Å². The SMILES string of the molecule is Cc1cc(C#N)nnc1N1CCc2ncc(-c3ccc(C4CC4)nc3)cc2C1. The Bertz CT molecular complexity index is 1080. The lowest BCUT2D eigenvalue weighted by molar-refractivity contribution is 0.693. The zero-order valence-electron chi connectivity index (χ0n) is 15.8. The molecule has 5 rings (SSSR count). The molecule has 138 valence electrons. The van der Waals surface area contributed by atoms with E-state index >= 15 is 0 Å². The Morgan fingerprint density at radius 2 is 1.93 bits per heavy atom. The van der Waals surface area contributed by atoms with Crippen LogP contribution in [-0.4, -0.2) is 26.7 Å². The molecule has 1 fully saturated rings. The highest BCUT2D eigenvalue weighted by molar-refractivity contribution is 5.63. The molecule has 0 atom stereocenters. The van der Waals surface area contributed by atoms with E-state index in [1.807, 2.05) is 25.4 Å². The number of hydrogen-bond donors (Lipinski definition) is 0. The van der Waals surface area contributed by atoms with Gasteiger partial charge in [0.2, 0.25) is 0 Å². The van der Waals surface area contributed by atoms with Crippen molar-refractivity contribution in [3.05, 3.63) is 64.9 Å². The first-order valence-corrected chi connectivity index (χ1v) is 9.65. The van der Waals surface area contributed by atoms with E-state index in [-0.39, 0.29) is 0 Å². The lowest BCUT2D eigenvalue weighted by atomic mass is 10.0. The zero-order valence-corrected chi connectivity index (χ0v) is 15.8. The van der Waals surface area contributed by atoms with E-state index in [1.54, 1.807) is 6.07 Å². The smallest absolute Gasteiger partial charge is 0.163 e. The van der Waals surface area contributed by atoms with Crippen LogP contribution in [0.25, 0.3) is 11.1 Å². The molecule has 6 heteroatoms. The van der Waals surface area contributed by atoms with Gasteiger partial charge < -0.3 is 4.90 Å². The van der Waals surface area contributed by atoms with Crippen molar-refractivity contribution in [1.82, 2.24) is 20.2 Å². The van der Waals surface area contributed by atoms with Gasteiger partial charge in [0.25, 0.3) is 0 Å². The summed E-state index contributed by atoms with van der Waals surface area (Å²) < 4.78 is 0. The lowest BCUT2D eigenvalue weighted by Crippen LogP contribution is -2.32. The summed E-state index contributed by atoms with van der Waals surface area (Å²) in [5.41, 5.74) is 7.08. The number of nitrogens with zero attached hydrogens (tertiary/aromatic N) is 6. The van der Waals surface area contributed by atoms with Crippen molar-refractivity contribution in [2.75, 3.05) is 11.4 Å². The summed E-state index contributed by atoms with van der Waals surface area (Å²) in [7, 11) is 0. The Kier molecular flexibility index (Phi) is 4.01. The number of aryl methyl sites for hydroxylation is 1. The van der Waals surface area contributed by atoms with Crippen LogP contribution in [0.15, 0.2) is 36.7 Å². The number of hydrogen-bond acceptors (Lipinski definition) is 6. The van der Waals surface area contributed by atoms with Gasteiger partial charge in [0.15, 0.2) is 11.5 Å². The van der Waals surface area contributed by atoms with E-state index in [2.05, 4.69) is 38.3 Å². The summed E-state index contributed by atoms with van der Waals surface area (Å²) in [4.78, 5) is 11.6. The van der Waals surface area contributed by atoms with Crippen molar-refractivity contribution in [3.63, 3.8) is 0 Å². The Labute approximate surface area is 163 Å². The van der Waals surface area contributed by atoms with Crippen LogP contribution in [0.3, 0.4) is 0 Å². The Morgan fingerprint density at radius 1 is 1.07 bits per heavy atom. The molecule has 1 saturated carbocycles. The molecule has 4 heterocycles. The second kappa shape index (κ2) is 6.68. The van der Waals surface area contributed by atoms with Crippen LogP contribution in [0, 0.1) is 18.3 Å². The van der Waals surface area contributed by atoms with E-state index in [1.165, 1.54) is 24.1 Å². The first kappa shape index (κ1) is 16.8. The summed E-state index contributed by atoms with van der Waals surface area (Å²) in [6.45, 7) is 3.56. The third-order valence-electron chi connectivity index (χ3n) is 5.53. The third-order valence-corrected chi connectivity index (χ3v) is 5.53. The average molecular weight is 368 g/mol. The van der Waals surface area contributed by atoms with Crippen LogP contribution >= 0.6 is 0 Å². The normalized spacial score (nSPS) is 15.8. The highest BCUT2D eigenvalue weighted by Crippen LogP contribution is 2.39. The fourth-order valence-corrected chi connectivity index (χ4v) is 3.81. The van der Waals surface area contributed by atoms with Crippen LogP contribution < -0.4 is 4.90 Å². The fourth-order valence-electron chi connectivity index (χ4n) is 3.81. The van der Waals surface area contributed by atoms with Gasteiger partial charge in [0.05, 0.1) is 0 Å². The summed E-state index contributed by atoms with van der Waals surface area (Å²) >= 11 is 0. The number of nitriles is 1. The predicted octanol–water partition coefficient (Wildman–Crippen LogP) is 3.55. The van der Waals surface area contributed by atoms with Crippen molar-refractivity contribution in [1.29, 1.82) is 5.26 Å². The number of rotatable bonds is 3. The predicted molar refractivity (Wildman–Crippen MR) is 106 cm³/mol. The Hall–Kier alpha value is -3.33. The molecule has 0 amide bonds. The summed E-state index contributed by atoms with van der Waals surface area (Å²) in [6.07, 6.45) is 7.32. The molecule has 3 aromatic heterocycles. The third kappa shape index (κ3) is 3.09. The maximum Gasteiger partial charge on any atom is 0.163 e. The van der Waals surface area contributed by atoms with Crippen molar-refractivity contribution >= 4 is 5.82 Å². The van der Waals surface area contributed by atoms with Crippen molar-refractivity contribution in [2.24, 2.45) is 0 Å². The number of anilines is 1. The molecule has 0 saturated heterocycles. The van der Waals surface area contributed by atoms with E-state index in [0.717, 1.165) is 47.7 Å². The van der Waals surface area contributed by atoms with Crippen LogP contribution in [0.4, 0.5) is 5.82 Å². The molecule has 1 aliphatic heterocycles. The molecule has 0 radical (unpaired) electrons. The molecule has 6 nitrogen and oxygen atoms in total. The maximum atomic E-state index is 9.00. The van der Waals surface area contributed by atoms with Gasteiger partial charge in [-0.1, -0.05) is 6.07 Å². The minimum atomic E-state index is 0.352. The number of pyridine rings is 2. The van der Waals surface area contributed by atoms with Crippen molar-refractivity contribution < 1.29 is 0 Å². The minimum absolute atomic E-state index is 0.352. The second-order valence-corrected chi connectivity index (χ2v) is 7.60. The van der Waals surface area contributed by atoms with E-state index < -0.39 is 0 Å². The molecule has 28 heavy (non-hydrogen) atoms. The van der Waals surface area contributed by atoms with Crippen molar-refractivity contribution in [3.8, 4) is 17.2 Å². The van der Waals surface area contributed by atoms with Gasteiger partial charge >= 0.3 is 0 Å². The summed E-state index contributed by atoms with van der Waals surface area (Å²) in [6, 6.07) is 10.4. The van der Waals surface area contributed by atoms with Crippen LogP contribution in [0.1, 0.15) is 47.0 Å². The molecule has 2 aliphatic rings. The fraction of sp³-hybridized carbons (Fsp3) is 0.318. The molecular weight excluding hydrogens is 348 g/mol. The molecule has 0 bridgehead atoms. The monoisotopic (exact) mass is 368 g/mol. The number of fused-ring (bicyclic) bond motifs is 1. The standard InChI is InChI=1S/C22H20N6/c1-14-8-19(10-23)26-27-22(14)28-7-6-21-18(13-28)9-17(12-25-21)16-4-5-20(24-11-16)15-2-3-15/h4-5,8-9,11-12,15H,2-3,6-7,13H2,1H3. The molecule has 0 aromatic carbocycles. The minimum Gasteiger partial charge on any atom is -0.350 e. The summed E-state index contributed by atoms with van der Waals surface area (Å²) in [5, 5.41) is 17.3. The second-order valence-electron chi connectivity index (χ2n) is 7.60. The molecular formula is C22H20N6. The first-order chi connectivity index (χ1) is 13.7. The lowest BCUT2D eigenvalue weighted by Gasteiger charge is -2.30. The quantitative estimate of drug-likeness (QED) is 0.703. The average Bonchev–Trinajstić information content (AvgIpc) is 3.58. The van der Waals surface area contributed by atoms with Crippen molar-refractivity contribution in [2.45, 2.75) is 38.6 Å². The topological polar surface area (TPSA) is 78.6 Å². The Balaban J connectivity index is 1.42. The van der Waals surface area contributed by atoms with E-state index in [0.29, 0.717) is 11.6 Å². The maximum absolute atomic E-state index is 9.00. The van der Waals surface area contributed by atoms with Gasteiger partial charge in [0.1, 0.15) is 6.07 Å². The van der Waals surface area contributed by atoms with Crippen LogP contribution in [0.5, 0.6) is 0 Å². The highest BCUT2D eigenvalue weighted by atomic mass is 15.3. The molecule has 1 aliphatic carbocycles.